The summed E-state index contributed by atoms with van der Waals surface area (Å²) in [6.45, 7) is 4.31. The van der Waals surface area contributed by atoms with E-state index in [-0.39, 0.29) is 23.1 Å². The van der Waals surface area contributed by atoms with Crippen LogP contribution in [0.1, 0.15) is 38.7 Å². The van der Waals surface area contributed by atoms with Crippen molar-refractivity contribution in [1.82, 2.24) is 4.90 Å². The van der Waals surface area contributed by atoms with E-state index in [9.17, 15) is 18.7 Å². The maximum atomic E-state index is 14.3. The monoisotopic (exact) mass is 399 g/mol. The highest BCUT2D eigenvalue weighted by Gasteiger charge is 2.59. The number of allylic oxidation sites excluding steroid dienone is 2. The molecule has 2 aliphatic heterocycles. The lowest BCUT2D eigenvalue weighted by atomic mass is 9.68. The fourth-order valence-electron chi connectivity index (χ4n) is 5.62. The van der Waals surface area contributed by atoms with Gasteiger partial charge in [0.1, 0.15) is 17.7 Å². The number of aliphatic hydroxyl groups is 1. The first-order valence-corrected chi connectivity index (χ1v) is 10.0. The number of azo groups is 1. The van der Waals surface area contributed by atoms with Gasteiger partial charge < -0.3 is 10.0 Å². The van der Waals surface area contributed by atoms with E-state index in [2.05, 4.69) is 10.2 Å². The second-order valence-electron chi connectivity index (χ2n) is 9.14. The van der Waals surface area contributed by atoms with Crippen LogP contribution >= 0.6 is 0 Å². The molecule has 2 fully saturated rings. The van der Waals surface area contributed by atoms with Gasteiger partial charge in [0.05, 0.1) is 35.4 Å². The smallest absolute Gasteiger partial charge is 0.231 e. The Hall–Kier alpha value is -2.41. The third kappa shape index (κ3) is 2.63. The Morgan fingerprint density at radius 1 is 1.28 bits per heavy atom. The van der Waals surface area contributed by atoms with Crippen molar-refractivity contribution in [2.75, 3.05) is 13.1 Å². The summed E-state index contributed by atoms with van der Waals surface area (Å²) < 4.78 is 28.7. The van der Waals surface area contributed by atoms with Gasteiger partial charge in [0.2, 0.25) is 5.91 Å². The number of carbonyl (C=O) groups excluding carboxylic acids is 1. The lowest BCUT2D eigenvalue weighted by Gasteiger charge is -2.49. The number of likely N-dealkylation sites (tertiary alicyclic amines) is 1. The predicted octanol–water partition coefficient (Wildman–Crippen LogP) is 3.85. The highest BCUT2D eigenvalue weighted by Crippen LogP contribution is 2.57. The summed E-state index contributed by atoms with van der Waals surface area (Å²) in [4.78, 5) is 15.1. The average Bonchev–Trinajstić information content (AvgIpc) is 2.99. The van der Waals surface area contributed by atoms with Crippen LogP contribution in [0.2, 0.25) is 0 Å². The Bertz CT molecular complexity index is 985. The van der Waals surface area contributed by atoms with E-state index in [0.717, 1.165) is 17.6 Å². The normalized spacial score (nSPS) is 32.0. The van der Waals surface area contributed by atoms with Crippen molar-refractivity contribution >= 4 is 11.6 Å². The standard InChI is InChI=1S/C22H23F2N3O2/c1-12-14-8-17(18-15(23)4-3-5-16(18)24)25-26-19(12)22(7-6-13(14)9-22)20(28)27-10-21(2,29)11-27/h3-5,8,13,19,29H,6-7,9-11H2,1-2H3/t13-,19?,22-/m0/s1. The summed E-state index contributed by atoms with van der Waals surface area (Å²) in [7, 11) is 0. The fourth-order valence-corrected chi connectivity index (χ4v) is 5.62. The highest BCUT2D eigenvalue weighted by molar-refractivity contribution is 5.87. The van der Waals surface area contributed by atoms with Gasteiger partial charge in [0, 0.05) is 0 Å². The van der Waals surface area contributed by atoms with Crippen LogP contribution in [0.25, 0.3) is 5.70 Å². The quantitative estimate of drug-likeness (QED) is 0.821. The molecule has 3 atom stereocenters. The Balaban J connectivity index is 1.56. The first-order chi connectivity index (χ1) is 13.7. The topological polar surface area (TPSA) is 65.3 Å². The molecule has 1 unspecified atom stereocenters. The number of amides is 1. The van der Waals surface area contributed by atoms with Crippen LogP contribution in [0.15, 0.2) is 45.6 Å². The van der Waals surface area contributed by atoms with Gasteiger partial charge in [-0.1, -0.05) is 6.07 Å². The van der Waals surface area contributed by atoms with Crippen molar-refractivity contribution in [2.24, 2.45) is 21.6 Å². The number of carbonyl (C=O) groups is 1. The van der Waals surface area contributed by atoms with Gasteiger partial charge in [-0.15, -0.1) is 0 Å². The zero-order valence-electron chi connectivity index (χ0n) is 16.5. The van der Waals surface area contributed by atoms with Crippen molar-refractivity contribution in [1.29, 1.82) is 0 Å². The molecule has 5 nitrogen and oxygen atoms in total. The first-order valence-electron chi connectivity index (χ1n) is 10.0. The third-order valence-electron chi connectivity index (χ3n) is 6.95. The Morgan fingerprint density at radius 3 is 2.62 bits per heavy atom. The molecule has 0 aromatic heterocycles. The number of β-amino-alcohol motifs (C(OH)–C–C–N with tert-alkyl or cyclic N) is 1. The van der Waals surface area contributed by atoms with Gasteiger partial charge >= 0.3 is 0 Å². The van der Waals surface area contributed by atoms with Crippen LogP contribution in [-0.4, -0.2) is 40.6 Å². The second kappa shape index (κ2) is 6.05. The van der Waals surface area contributed by atoms with Crippen molar-refractivity contribution in [3.8, 4) is 0 Å². The third-order valence-corrected chi connectivity index (χ3v) is 6.95. The lowest BCUT2D eigenvalue weighted by Crippen LogP contribution is -2.65. The summed E-state index contributed by atoms with van der Waals surface area (Å²) in [6, 6.07) is 3.29. The maximum Gasteiger partial charge on any atom is 0.231 e. The van der Waals surface area contributed by atoms with E-state index in [1.54, 1.807) is 17.9 Å². The van der Waals surface area contributed by atoms with Gasteiger partial charge in [-0.05, 0) is 68.4 Å². The molecule has 1 aromatic rings. The molecule has 1 N–H and O–H groups in total. The van der Waals surface area contributed by atoms with Crippen LogP contribution < -0.4 is 0 Å². The first kappa shape index (κ1) is 18.6. The lowest BCUT2D eigenvalue weighted by molar-refractivity contribution is -0.164. The van der Waals surface area contributed by atoms with E-state index in [4.69, 9.17) is 0 Å². The zero-order chi connectivity index (χ0) is 20.6. The molecule has 2 aliphatic carbocycles. The van der Waals surface area contributed by atoms with Crippen molar-refractivity contribution < 1.29 is 18.7 Å². The molecular weight excluding hydrogens is 376 g/mol. The molecule has 0 radical (unpaired) electrons. The van der Waals surface area contributed by atoms with E-state index in [0.29, 0.717) is 25.9 Å². The minimum absolute atomic E-state index is 0.00870. The van der Waals surface area contributed by atoms with Crippen LogP contribution in [0, 0.1) is 23.0 Å². The number of benzene rings is 1. The van der Waals surface area contributed by atoms with Crippen LogP contribution in [0.3, 0.4) is 0 Å². The van der Waals surface area contributed by atoms with E-state index < -0.39 is 28.7 Å². The minimum atomic E-state index is -0.836. The summed E-state index contributed by atoms with van der Waals surface area (Å²) in [5.41, 5.74) is 0.412. The summed E-state index contributed by atoms with van der Waals surface area (Å²) in [5, 5.41) is 18.8. The minimum Gasteiger partial charge on any atom is -0.386 e. The van der Waals surface area contributed by atoms with E-state index >= 15 is 0 Å². The maximum absolute atomic E-state index is 14.3. The summed E-state index contributed by atoms with van der Waals surface area (Å²) in [6.07, 6.45) is 3.94. The zero-order valence-corrected chi connectivity index (χ0v) is 16.5. The number of nitrogens with zero attached hydrogens (tertiary/aromatic N) is 3. The van der Waals surface area contributed by atoms with Crippen LogP contribution in [0.5, 0.6) is 0 Å². The molecule has 29 heavy (non-hydrogen) atoms. The molecule has 1 saturated carbocycles. The predicted molar refractivity (Wildman–Crippen MR) is 103 cm³/mol. The van der Waals surface area contributed by atoms with Crippen molar-refractivity contribution in [3.05, 3.63) is 52.6 Å². The summed E-state index contributed by atoms with van der Waals surface area (Å²) in [5.74, 6) is -1.20. The number of rotatable bonds is 2. The van der Waals surface area contributed by atoms with Gasteiger partial charge in [-0.25, -0.2) is 8.78 Å². The molecule has 1 aromatic carbocycles. The van der Waals surface area contributed by atoms with Crippen molar-refractivity contribution in [2.45, 2.75) is 44.8 Å². The molecule has 1 saturated heterocycles. The fraction of sp³-hybridized carbons (Fsp3) is 0.500. The largest absolute Gasteiger partial charge is 0.386 e. The average molecular weight is 399 g/mol. The summed E-state index contributed by atoms with van der Waals surface area (Å²) >= 11 is 0. The van der Waals surface area contributed by atoms with Gasteiger partial charge in [-0.2, -0.15) is 10.2 Å². The Morgan fingerprint density at radius 2 is 1.97 bits per heavy atom. The molecule has 4 aliphatic rings. The number of fused-ring (bicyclic) bond motifs is 5. The molecule has 4 bridgehead atoms. The van der Waals surface area contributed by atoms with Gasteiger partial charge in [0.15, 0.2) is 0 Å². The number of hydrogen-bond donors (Lipinski definition) is 1. The van der Waals surface area contributed by atoms with E-state index in [1.807, 2.05) is 6.92 Å². The van der Waals surface area contributed by atoms with Crippen LogP contribution in [0.4, 0.5) is 8.78 Å². The van der Waals surface area contributed by atoms with Crippen molar-refractivity contribution in [3.63, 3.8) is 0 Å². The highest BCUT2D eigenvalue weighted by atomic mass is 19.1. The molecule has 5 rings (SSSR count). The van der Waals surface area contributed by atoms with Crippen LogP contribution in [-0.2, 0) is 4.79 Å². The SMILES string of the molecule is CC1=C2C=C(c3c(F)cccc3F)N=NC1[C@]1(C(=O)N3CC(C)(O)C3)CC[C@H]2C1. The molecule has 152 valence electrons. The molecule has 2 heterocycles. The molecule has 0 spiro atoms. The molecule has 1 amide bonds. The number of hydrogen-bond acceptors (Lipinski definition) is 4. The number of halogens is 2. The van der Waals surface area contributed by atoms with Gasteiger partial charge in [-0.3, -0.25) is 4.79 Å². The Labute approximate surface area is 167 Å². The van der Waals surface area contributed by atoms with Gasteiger partial charge in [0.25, 0.3) is 0 Å². The Kier molecular flexibility index (Phi) is 3.88. The molecular formula is C22H23F2N3O2. The molecule has 7 heteroatoms. The second-order valence-corrected chi connectivity index (χ2v) is 9.14. The van der Waals surface area contributed by atoms with E-state index in [1.165, 1.54) is 18.2 Å².